The number of hydrogen-bond acceptors (Lipinski definition) is 2. The molecule has 0 bridgehead atoms. The molecule has 1 fully saturated rings. The van der Waals surface area contributed by atoms with Gasteiger partial charge in [0.15, 0.2) is 5.96 Å². The van der Waals surface area contributed by atoms with Gasteiger partial charge in [-0.1, -0.05) is 13.0 Å². The zero-order chi connectivity index (χ0) is 17.6. The summed E-state index contributed by atoms with van der Waals surface area (Å²) in [5.74, 6) is -0.495. The van der Waals surface area contributed by atoms with Crippen LogP contribution in [0.3, 0.4) is 0 Å². The number of aliphatic imine (C=N–C) groups is 1. The minimum Gasteiger partial charge on any atom is -0.373 e. The first-order valence-corrected chi connectivity index (χ1v) is 8.54. The fourth-order valence-electron chi connectivity index (χ4n) is 2.81. The molecule has 0 aromatic heterocycles. The highest BCUT2D eigenvalue weighted by Crippen LogP contribution is 2.25. The summed E-state index contributed by atoms with van der Waals surface area (Å²) in [6.07, 6.45) is 2.07. The van der Waals surface area contributed by atoms with Gasteiger partial charge in [-0.2, -0.15) is 0 Å². The van der Waals surface area contributed by atoms with Gasteiger partial charge in [0.1, 0.15) is 11.6 Å². The highest BCUT2D eigenvalue weighted by Gasteiger charge is 2.29. The Morgan fingerprint density at radius 1 is 1.36 bits per heavy atom. The van der Waals surface area contributed by atoms with Crippen molar-refractivity contribution in [1.29, 1.82) is 0 Å². The standard InChI is InChI=1S/C18H27F2N3O.HI/c1-4-21-17(23-12-18(3)8-5-9-24-18)22-11-13(2)15-7-6-14(19)10-16(15)20;/h6-7,10,13H,4-5,8-9,11-12H2,1-3H3,(H2,21,22,23);1H. The van der Waals surface area contributed by atoms with E-state index in [0.29, 0.717) is 24.6 Å². The summed E-state index contributed by atoms with van der Waals surface area (Å²) in [7, 11) is 0. The predicted molar refractivity (Wildman–Crippen MR) is 108 cm³/mol. The number of ether oxygens (including phenoxy) is 1. The van der Waals surface area contributed by atoms with E-state index in [2.05, 4.69) is 22.5 Å². The first-order chi connectivity index (χ1) is 11.4. The lowest BCUT2D eigenvalue weighted by molar-refractivity contribution is 0.0283. The number of benzene rings is 1. The molecule has 2 rings (SSSR count). The summed E-state index contributed by atoms with van der Waals surface area (Å²) in [6.45, 7) is 8.58. The summed E-state index contributed by atoms with van der Waals surface area (Å²) < 4.78 is 32.6. The number of halogens is 3. The zero-order valence-electron chi connectivity index (χ0n) is 15.1. The first kappa shape index (κ1) is 22.1. The van der Waals surface area contributed by atoms with Crippen molar-refractivity contribution in [3.8, 4) is 0 Å². The lowest BCUT2D eigenvalue weighted by atomic mass is 10.0. The maximum absolute atomic E-state index is 13.8. The van der Waals surface area contributed by atoms with Crippen molar-refractivity contribution in [3.05, 3.63) is 35.4 Å². The van der Waals surface area contributed by atoms with Crippen molar-refractivity contribution in [1.82, 2.24) is 10.6 Å². The van der Waals surface area contributed by atoms with E-state index in [1.165, 1.54) is 12.1 Å². The van der Waals surface area contributed by atoms with Gasteiger partial charge < -0.3 is 15.4 Å². The molecule has 1 heterocycles. The van der Waals surface area contributed by atoms with Crippen LogP contribution in [-0.2, 0) is 4.74 Å². The largest absolute Gasteiger partial charge is 0.373 e. The molecule has 4 nitrogen and oxygen atoms in total. The van der Waals surface area contributed by atoms with E-state index in [-0.39, 0.29) is 35.5 Å². The van der Waals surface area contributed by atoms with Crippen LogP contribution in [0.5, 0.6) is 0 Å². The third-order valence-corrected chi connectivity index (χ3v) is 4.29. The van der Waals surface area contributed by atoms with Crippen molar-refractivity contribution >= 4 is 29.9 Å². The molecule has 0 radical (unpaired) electrons. The third-order valence-electron chi connectivity index (χ3n) is 4.29. The van der Waals surface area contributed by atoms with Gasteiger partial charge in [0.05, 0.1) is 12.1 Å². The van der Waals surface area contributed by atoms with Crippen LogP contribution in [0, 0.1) is 11.6 Å². The van der Waals surface area contributed by atoms with Crippen molar-refractivity contribution in [3.63, 3.8) is 0 Å². The average molecular weight is 467 g/mol. The molecule has 2 N–H and O–H groups in total. The molecular formula is C18H28F2IN3O. The van der Waals surface area contributed by atoms with Gasteiger partial charge in [-0.05, 0) is 38.3 Å². The fraction of sp³-hybridized carbons (Fsp3) is 0.611. The van der Waals surface area contributed by atoms with Gasteiger partial charge in [-0.3, -0.25) is 4.99 Å². The Morgan fingerprint density at radius 2 is 2.12 bits per heavy atom. The van der Waals surface area contributed by atoms with E-state index < -0.39 is 11.6 Å². The fourth-order valence-corrected chi connectivity index (χ4v) is 2.81. The maximum atomic E-state index is 13.8. The molecule has 0 spiro atoms. The Bertz CT molecular complexity index is 577. The molecule has 0 amide bonds. The molecule has 25 heavy (non-hydrogen) atoms. The number of nitrogens with zero attached hydrogens (tertiary/aromatic N) is 1. The highest BCUT2D eigenvalue weighted by molar-refractivity contribution is 14.0. The summed E-state index contributed by atoms with van der Waals surface area (Å²) in [5, 5.41) is 6.41. The molecule has 7 heteroatoms. The van der Waals surface area contributed by atoms with Gasteiger partial charge in [0.25, 0.3) is 0 Å². The zero-order valence-corrected chi connectivity index (χ0v) is 17.4. The topological polar surface area (TPSA) is 45.7 Å². The van der Waals surface area contributed by atoms with Crippen molar-refractivity contribution in [2.45, 2.75) is 45.1 Å². The minimum absolute atomic E-state index is 0. The third kappa shape index (κ3) is 6.69. The monoisotopic (exact) mass is 467 g/mol. The van der Waals surface area contributed by atoms with Crippen LogP contribution in [0.1, 0.15) is 45.1 Å². The molecule has 2 unspecified atom stereocenters. The predicted octanol–water partition coefficient (Wildman–Crippen LogP) is 3.81. The van der Waals surface area contributed by atoms with Gasteiger partial charge in [0.2, 0.25) is 0 Å². The van der Waals surface area contributed by atoms with Crippen LogP contribution in [0.4, 0.5) is 8.78 Å². The van der Waals surface area contributed by atoms with Crippen LogP contribution < -0.4 is 10.6 Å². The van der Waals surface area contributed by atoms with Gasteiger partial charge in [-0.25, -0.2) is 8.78 Å². The Kier molecular flexibility index (Phi) is 9.06. The first-order valence-electron chi connectivity index (χ1n) is 8.54. The van der Waals surface area contributed by atoms with Crippen LogP contribution in [0.15, 0.2) is 23.2 Å². The SMILES string of the molecule is CCNC(=NCC1(C)CCCO1)NCC(C)c1ccc(F)cc1F.I. The molecule has 1 aliphatic rings. The summed E-state index contributed by atoms with van der Waals surface area (Å²) in [6, 6.07) is 3.70. The summed E-state index contributed by atoms with van der Waals surface area (Å²) in [4.78, 5) is 4.59. The normalized spacial score (nSPS) is 21.6. The lowest BCUT2D eigenvalue weighted by Crippen LogP contribution is -2.40. The van der Waals surface area contributed by atoms with Crippen molar-refractivity contribution in [2.75, 3.05) is 26.2 Å². The minimum atomic E-state index is -0.559. The molecule has 0 aliphatic carbocycles. The Hall–Kier alpha value is -0.960. The molecule has 0 saturated carbocycles. The molecule has 1 saturated heterocycles. The molecular weight excluding hydrogens is 439 g/mol. The second-order valence-electron chi connectivity index (χ2n) is 6.54. The van der Waals surface area contributed by atoms with E-state index in [1.807, 2.05) is 13.8 Å². The van der Waals surface area contributed by atoms with E-state index in [4.69, 9.17) is 4.74 Å². The summed E-state index contributed by atoms with van der Waals surface area (Å²) in [5.41, 5.74) is 0.294. The number of guanidine groups is 1. The van der Waals surface area contributed by atoms with Gasteiger partial charge >= 0.3 is 0 Å². The molecule has 1 aromatic carbocycles. The Morgan fingerprint density at radius 3 is 2.72 bits per heavy atom. The van der Waals surface area contributed by atoms with Crippen LogP contribution in [-0.4, -0.2) is 37.8 Å². The van der Waals surface area contributed by atoms with E-state index in [0.717, 1.165) is 32.1 Å². The second-order valence-corrected chi connectivity index (χ2v) is 6.54. The number of rotatable bonds is 6. The molecule has 142 valence electrons. The average Bonchev–Trinajstić information content (AvgIpc) is 2.97. The Labute approximate surface area is 165 Å². The summed E-state index contributed by atoms with van der Waals surface area (Å²) >= 11 is 0. The smallest absolute Gasteiger partial charge is 0.191 e. The van der Waals surface area contributed by atoms with Crippen LogP contribution in [0.25, 0.3) is 0 Å². The van der Waals surface area contributed by atoms with Crippen molar-refractivity contribution < 1.29 is 13.5 Å². The Balaban J connectivity index is 0.00000312. The molecule has 2 atom stereocenters. The van der Waals surface area contributed by atoms with E-state index in [9.17, 15) is 8.78 Å². The number of nitrogens with one attached hydrogen (secondary N) is 2. The van der Waals surface area contributed by atoms with E-state index >= 15 is 0 Å². The van der Waals surface area contributed by atoms with Crippen molar-refractivity contribution in [2.24, 2.45) is 4.99 Å². The maximum Gasteiger partial charge on any atom is 0.191 e. The van der Waals surface area contributed by atoms with Crippen LogP contribution >= 0.6 is 24.0 Å². The van der Waals surface area contributed by atoms with E-state index in [1.54, 1.807) is 0 Å². The van der Waals surface area contributed by atoms with Gasteiger partial charge in [0, 0.05) is 31.7 Å². The molecule has 1 aliphatic heterocycles. The quantitative estimate of drug-likeness (QED) is 0.380. The van der Waals surface area contributed by atoms with Gasteiger partial charge in [-0.15, -0.1) is 24.0 Å². The number of hydrogen-bond donors (Lipinski definition) is 2. The van der Waals surface area contributed by atoms with Crippen LogP contribution in [0.2, 0.25) is 0 Å². The second kappa shape index (κ2) is 10.3. The molecule has 1 aromatic rings. The lowest BCUT2D eigenvalue weighted by Gasteiger charge is -2.22. The highest BCUT2D eigenvalue weighted by atomic mass is 127.